The lowest BCUT2D eigenvalue weighted by Crippen LogP contribution is -2.40. The molecular formula is C24H26ClN7O3S. The molecular weight excluding hydrogens is 502 g/mol. The molecule has 0 unspecified atom stereocenters. The van der Waals surface area contributed by atoms with E-state index in [-0.39, 0.29) is 18.6 Å². The number of urea groups is 1. The lowest BCUT2D eigenvalue weighted by Gasteiger charge is -2.17. The first kappa shape index (κ1) is 24.3. The number of carbonyl (C=O) groups is 1. The molecule has 0 radical (unpaired) electrons. The zero-order valence-electron chi connectivity index (χ0n) is 19.6. The van der Waals surface area contributed by atoms with Gasteiger partial charge in [0.2, 0.25) is 16.0 Å². The highest BCUT2D eigenvalue weighted by Gasteiger charge is 2.29. The van der Waals surface area contributed by atoms with Crippen LogP contribution in [0.3, 0.4) is 0 Å². The highest BCUT2D eigenvalue weighted by atomic mass is 35.5. The first-order valence-electron chi connectivity index (χ1n) is 11.5. The zero-order valence-corrected chi connectivity index (χ0v) is 21.2. The third kappa shape index (κ3) is 5.69. The van der Waals surface area contributed by atoms with Crippen molar-refractivity contribution < 1.29 is 13.2 Å². The van der Waals surface area contributed by atoms with E-state index in [0.717, 1.165) is 28.9 Å². The number of rotatable bonds is 3. The van der Waals surface area contributed by atoms with Gasteiger partial charge in [0, 0.05) is 36.2 Å². The van der Waals surface area contributed by atoms with Crippen LogP contribution in [0.5, 0.6) is 0 Å². The number of aryl methyl sites for hydroxylation is 2. The summed E-state index contributed by atoms with van der Waals surface area (Å²) in [5.41, 5.74) is 4.36. The van der Waals surface area contributed by atoms with Crippen molar-refractivity contribution in [2.75, 3.05) is 35.3 Å². The van der Waals surface area contributed by atoms with Gasteiger partial charge >= 0.3 is 6.03 Å². The number of sulfonamides is 1. The predicted octanol–water partition coefficient (Wildman–Crippen LogP) is 3.87. The van der Waals surface area contributed by atoms with Crippen LogP contribution in [0.1, 0.15) is 17.5 Å². The third-order valence-electron chi connectivity index (χ3n) is 6.18. The molecule has 188 valence electrons. The van der Waals surface area contributed by atoms with E-state index in [4.69, 9.17) is 11.6 Å². The number of aromatic nitrogens is 2. The van der Waals surface area contributed by atoms with Crippen molar-refractivity contribution in [2.45, 2.75) is 25.3 Å². The molecule has 0 aliphatic carbocycles. The Hall–Kier alpha value is -3.41. The highest BCUT2D eigenvalue weighted by molar-refractivity contribution is 7.88. The molecule has 0 saturated carbocycles. The van der Waals surface area contributed by atoms with Crippen LogP contribution in [0.25, 0.3) is 0 Å². The van der Waals surface area contributed by atoms with Crippen molar-refractivity contribution in [3.8, 4) is 0 Å². The quantitative estimate of drug-likeness (QED) is 0.407. The monoisotopic (exact) mass is 527 g/mol. The fourth-order valence-electron chi connectivity index (χ4n) is 4.36. The number of amides is 2. The Morgan fingerprint density at radius 3 is 2.78 bits per heavy atom. The molecule has 2 aliphatic heterocycles. The molecule has 1 atom stereocenters. The summed E-state index contributed by atoms with van der Waals surface area (Å²) in [7, 11) is -3.27. The Labute approximate surface area is 214 Å². The lowest BCUT2D eigenvalue weighted by atomic mass is 10.0. The van der Waals surface area contributed by atoms with E-state index in [9.17, 15) is 13.2 Å². The lowest BCUT2D eigenvalue weighted by molar-refractivity contribution is 0.248. The van der Waals surface area contributed by atoms with Crippen LogP contribution in [-0.4, -0.2) is 54.1 Å². The summed E-state index contributed by atoms with van der Waals surface area (Å²) in [6, 6.07) is 13.0. The Morgan fingerprint density at radius 1 is 1.14 bits per heavy atom. The Balaban J connectivity index is 1.38. The molecule has 36 heavy (non-hydrogen) atoms. The molecule has 1 fully saturated rings. The smallest absolute Gasteiger partial charge is 0.319 e. The van der Waals surface area contributed by atoms with Crippen LogP contribution in [0.2, 0.25) is 5.02 Å². The van der Waals surface area contributed by atoms with Crippen molar-refractivity contribution in [3.05, 3.63) is 64.8 Å². The summed E-state index contributed by atoms with van der Waals surface area (Å²) >= 11 is 6.33. The number of nitrogens with one attached hydrogen (secondary N) is 4. The average molecular weight is 528 g/mol. The van der Waals surface area contributed by atoms with Crippen molar-refractivity contribution >= 4 is 56.5 Å². The number of anilines is 5. The van der Waals surface area contributed by atoms with Crippen LogP contribution < -0.4 is 21.3 Å². The number of hydrogen-bond acceptors (Lipinski definition) is 7. The predicted molar refractivity (Wildman–Crippen MR) is 141 cm³/mol. The number of fused-ring (bicyclic) bond motifs is 6. The van der Waals surface area contributed by atoms with Gasteiger partial charge in [0.15, 0.2) is 5.82 Å². The molecule has 6 bridgehead atoms. The minimum absolute atomic E-state index is 0.241. The minimum atomic E-state index is -3.27. The minimum Gasteiger partial charge on any atom is -0.339 e. The van der Waals surface area contributed by atoms with Gasteiger partial charge in [-0.05, 0) is 60.7 Å². The van der Waals surface area contributed by atoms with Gasteiger partial charge in [-0.25, -0.2) is 22.5 Å². The van der Waals surface area contributed by atoms with Gasteiger partial charge in [-0.15, -0.1) is 0 Å². The van der Waals surface area contributed by atoms with E-state index >= 15 is 0 Å². The first-order chi connectivity index (χ1) is 17.2. The van der Waals surface area contributed by atoms with E-state index in [2.05, 4.69) is 37.3 Å². The summed E-state index contributed by atoms with van der Waals surface area (Å²) in [6.45, 7) is 0.671. The largest absolute Gasteiger partial charge is 0.339 e. The van der Waals surface area contributed by atoms with Gasteiger partial charge in [0.05, 0.1) is 12.5 Å². The molecule has 1 aromatic heterocycles. The maximum absolute atomic E-state index is 12.8. The van der Waals surface area contributed by atoms with Gasteiger partial charge < -0.3 is 21.3 Å². The average Bonchev–Trinajstić information content (AvgIpc) is 3.30. The number of halogens is 1. The second-order valence-corrected chi connectivity index (χ2v) is 11.3. The molecule has 2 amide bonds. The van der Waals surface area contributed by atoms with Gasteiger partial charge in [0.1, 0.15) is 5.02 Å². The van der Waals surface area contributed by atoms with E-state index in [0.29, 0.717) is 41.9 Å². The zero-order chi connectivity index (χ0) is 25.3. The fourth-order valence-corrected chi connectivity index (χ4v) is 5.38. The summed E-state index contributed by atoms with van der Waals surface area (Å²) in [5.74, 6) is 0.889. The van der Waals surface area contributed by atoms with Crippen molar-refractivity contribution in [1.82, 2.24) is 19.6 Å². The van der Waals surface area contributed by atoms with E-state index in [1.165, 1.54) is 16.8 Å². The molecule has 2 aromatic carbocycles. The van der Waals surface area contributed by atoms with Crippen LogP contribution in [0, 0.1) is 0 Å². The standard InChI is InChI=1S/C24H26ClN7O3S/c1-36(34,35)32-10-9-19(14-32)29-24(33)30-21-8-7-18-12-16(21)6-5-15-3-2-4-17(11-15)28-23-26-13-20(25)22(27-18)31-23/h2-4,7-8,11-13,19H,5-6,9-10,14H2,1H3,(H2,29,30,33)(H2,26,27,28,31)/t19-/m0/s1. The van der Waals surface area contributed by atoms with Gasteiger partial charge in [0.25, 0.3) is 0 Å². The summed E-state index contributed by atoms with van der Waals surface area (Å²) in [5, 5.41) is 12.7. The van der Waals surface area contributed by atoms with Crippen LogP contribution in [0.4, 0.5) is 33.6 Å². The molecule has 10 nitrogen and oxygen atoms in total. The Bertz CT molecular complexity index is 1420. The second kappa shape index (κ2) is 9.92. The molecule has 3 aromatic rings. The van der Waals surface area contributed by atoms with Crippen LogP contribution in [-0.2, 0) is 22.9 Å². The van der Waals surface area contributed by atoms with Crippen molar-refractivity contribution in [3.63, 3.8) is 0 Å². The van der Waals surface area contributed by atoms with E-state index in [1.54, 1.807) is 0 Å². The number of benzene rings is 2. The normalized spacial score (nSPS) is 17.6. The first-order valence-corrected chi connectivity index (χ1v) is 13.8. The van der Waals surface area contributed by atoms with Crippen molar-refractivity contribution in [2.24, 2.45) is 0 Å². The second-order valence-electron chi connectivity index (χ2n) is 8.92. The number of nitrogens with zero attached hydrogens (tertiary/aromatic N) is 3. The maximum atomic E-state index is 12.8. The van der Waals surface area contributed by atoms with Gasteiger partial charge in [-0.2, -0.15) is 4.98 Å². The molecule has 0 spiro atoms. The van der Waals surface area contributed by atoms with Gasteiger partial charge in [-0.1, -0.05) is 23.7 Å². The van der Waals surface area contributed by atoms with E-state index in [1.807, 2.05) is 36.4 Å². The summed E-state index contributed by atoms with van der Waals surface area (Å²) in [4.78, 5) is 21.5. The van der Waals surface area contributed by atoms with Gasteiger partial charge in [-0.3, -0.25) is 0 Å². The third-order valence-corrected chi connectivity index (χ3v) is 7.73. The Kier molecular flexibility index (Phi) is 6.69. The maximum Gasteiger partial charge on any atom is 0.319 e. The number of carbonyl (C=O) groups excluding carboxylic acids is 1. The molecule has 2 aliphatic rings. The number of hydrogen-bond donors (Lipinski definition) is 4. The SMILES string of the molecule is CS(=O)(=O)N1CC[C@H](NC(=O)Nc2ccc3cc2CCc2cccc(c2)Nc2ncc(Cl)c(n2)N3)C1. The molecule has 12 heteroatoms. The van der Waals surface area contributed by atoms with Crippen molar-refractivity contribution in [1.29, 1.82) is 0 Å². The van der Waals surface area contributed by atoms with Crippen LogP contribution in [0.15, 0.2) is 48.7 Å². The Morgan fingerprint density at radius 2 is 1.97 bits per heavy atom. The molecule has 3 heterocycles. The summed E-state index contributed by atoms with van der Waals surface area (Å²) in [6.07, 6.45) is 4.72. The molecule has 5 rings (SSSR count). The highest BCUT2D eigenvalue weighted by Crippen LogP contribution is 2.29. The fraction of sp³-hybridized carbons (Fsp3) is 0.292. The van der Waals surface area contributed by atoms with Crippen LogP contribution >= 0.6 is 11.6 Å². The topological polar surface area (TPSA) is 128 Å². The summed E-state index contributed by atoms with van der Waals surface area (Å²) < 4.78 is 24.9. The molecule has 1 saturated heterocycles. The van der Waals surface area contributed by atoms with E-state index < -0.39 is 10.0 Å². The molecule has 4 N–H and O–H groups in total.